The minimum Gasteiger partial charge on any atom is -0.393 e. The number of anilines is 2. The average molecular weight is 279 g/mol. The first-order valence-corrected chi connectivity index (χ1v) is 6.20. The largest absolute Gasteiger partial charge is 0.393 e. The van der Waals surface area contributed by atoms with E-state index < -0.39 is 0 Å². The zero-order valence-electron chi connectivity index (χ0n) is 10.5. The summed E-state index contributed by atoms with van der Waals surface area (Å²) in [5.41, 5.74) is 8.09. The normalized spacial score (nSPS) is 10.5. The Morgan fingerprint density at radius 3 is 2.47 bits per heavy atom. The molecule has 0 saturated carbocycles. The van der Waals surface area contributed by atoms with Crippen LogP contribution >= 0.6 is 11.6 Å². The number of rotatable bonds is 4. The summed E-state index contributed by atoms with van der Waals surface area (Å²) in [4.78, 5) is 8.18. The Kier molecular flexibility index (Phi) is 4.19. The van der Waals surface area contributed by atoms with Gasteiger partial charge in [-0.15, -0.1) is 0 Å². The summed E-state index contributed by atoms with van der Waals surface area (Å²) >= 11 is 5.90. The number of aliphatic hydroxyl groups is 1. The fraction of sp³-hybridized carbons (Fsp3) is 0.231. The van der Waals surface area contributed by atoms with E-state index in [9.17, 15) is 0 Å². The predicted molar refractivity (Wildman–Crippen MR) is 75.9 cm³/mol. The van der Waals surface area contributed by atoms with Gasteiger partial charge in [0.2, 0.25) is 0 Å². The zero-order valence-corrected chi connectivity index (χ0v) is 11.3. The molecule has 0 aliphatic rings. The number of nitrogen functional groups attached to an aromatic ring is 1. The van der Waals surface area contributed by atoms with Gasteiger partial charge >= 0.3 is 0 Å². The quantitative estimate of drug-likeness (QED) is 0.746. The smallest absolute Gasteiger partial charge is 0.157 e. The van der Waals surface area contributed by atoms with Gasteiger partial charge in [0.1, 0.15) is 11.5 Å². The maximum absolute atomic E-state index is 8.97. The molecule has 1 aromatic carbocycles. The van der Waals surface area contributed by atoms with Gasteiger partial charge in [-0.3, -0.25) is 0 Å². The molecule has 1 heterocycles. The van der Waals surface area contributed by atoms with Crippen molar-refractivity contribution in [1.82, 2.24) is 9.97 Å². The van der Waals surface area contributed by atoms with Crippen molar-refractivity contribution >= 4 is 23.1 Å². The van der Waals surface area contributed by atoms with Gasteiger partial charge in [0.05, 0.1) is 6.61 Å². The van der Waals surface area contributed by atoms with Crippen LogP contribution < -0.4 is 11.1 Å². The van der Waals surface area contributed by atoms with Crippen LogP contribution in [0.2, 0.25) is 5.15 Å². The van der Waals surface area contributed by atoms with Crippen molar-refractivity contribution in [3.05, 3.63) is 46.4 Å². The molecule has 0 bridgehead atoms. The summed E-state index contributed by atoms with van der Waals surface area (Å²) in [6.07, 6.45) is 0. The number of benzene rings is 1. The summed E-state index contributed by atoms with van der Waals surface area (Å²) in [5.74, 6) is 1.10. The van der Waals surface area contributed by atoms with Crippen molar-refractivity contribution in [2.24, 2.45) is 0 Å². The van der Waals surface area contributed by atoms with Crippen LogP contribution in [0.4, 0.5) is 11.5 Å². The van der Waals surface area contributed by atoms with Crippen LogP contribution in [0.1, 0.15) is 17.0 Å². The Hall–Kier alpha value is -1.85. The van der Waals surface area contributed by atoms with Gasteiger partial charge in [0, 0.05) is 6.54 Å². The van der Waals surface area contributed by atoms with Crippen molar-refractivity contribution in [3.63, 3.8) is 0 Å². The standard InChI is InChI=1S/C13H15ClN4O/c1-8-17-12(14)11(15)13(18-8)16-6-9-2-4-10(7-19)5-3-9/h2-5,19H,6-7,15H2,1H3,(H,16,17,18). The van der Waals surface area contributed by atoms with E-state index in [1.165, 1.54) is 0 Å². The van der Waals surface area contributed by atoms with Crippen LogP contribution in [0.15, 0.2) is 24.3 Å². The highest BCUT2D eigenvalue weighted by Gasteiger charge is 2.07. The van der Waals surface area contributed by atoms with Gasteiger partial charge < -0.3 is 16.2 Å². The van der Waals surface area contributed by atoms with Crippen molar-refractivity contribution in [2.75, 3.05) is 11.1 Å². The molecular formula is C13H15ClN4O. The predicted octanol–water partition coefficient (Wildman–Crippen LogP) is 2.13. The first kappa shape index (κ1) is 13.6. The van der Waals surface area contributed by atoms with E-state index in [-0.39, 0.29) is 11.8 Å². The van der Waals surface area contributed by atoms with E-state index in [1.54, 1.807) is 6.92 Å². The van der Waals surface area contributed by atoms with E-state index in [1.807, 2.05) is 24.3 Å². The molecule has 0 unspecified atom stereocenters. The Balaban J connectivity index is 2.09. The van der Waals surface area contributed by atoms with Crippen molar-refractivity contribution in [3.8, 4) is 0 Å². The molecule has 19 heavy (non-hydrogen) atoms. The van der Waals surface area contributed by atoms with E-state index in [2.05, 4.69) is 15.3 Å². The van der Waals surface area contributed by atoms with Crippen molar-refractivity contribution in [2.45, 2.75) is 20.1 Å². The van der Waals surface area contributed by atoms with Crippen LogP contribution in [0.5, 0.6) is 0 Å². The number of aryl methyl sites for hydroxylation is 1. The minimum absolute atomic E-state index is 0.0430. The number of halogens is 1. The maximum atomic E-state index is 8.97. The van der Waals surface area contributed by atoms with Gasteiger partial charge in [-0.05, 0) is 18.1 Å². The molecule has 100 valence electrons. The molecule has 4 N–H and O–H groups in total. The topological polar surface area (TPSA) is 84.1 Å². The van der Waals surface area contributed by atoms with Gasteiger partial charge in [-0.1, -0.05) is 35.9 Å². The molecule has 2 rings (SSSR count). The molecule has 0 radical (unpaired) electrons. The number of aromatic nitrogens is 2. The third-order valence-electron chi connectivity index (χ3n) is 2.68. The third kappa shape index (κ3) is 3.33. The van der Waals surface area contributed by atoms with Gasteiger partial charge in [0.15, 0.2) is 11.0 Å². The molecule has 0 spiro atoms. The Morgan fingerprint density at radius 1 is 1.21 bits per heavy atom. The van der Waals surface area contributed by atoms with Crippen LogP contribution in [0, 0.1) is 6.92 Å². The van der Waals surface area contributed by atoms with E-state index in [0.717, 1.165) is 11.1 Å². The summed E-state index contributed by atoms with van der Waals surface area (Å²) in [5, 5.41) is 12.4. The van der Waals surface area contributed by atoms with Crippen molar-refractivity contribution in [1.29, 1.82) is 0 Å². The number of hydrogen-bond donors (Lipinski definition) is 3. The molecular weight excluding hydrogens is 264 g/mol. The second-order valence-corrected chi connectivity index (χ2v) is 4.51. The van der Waals surface area contributed by atoms with E-state index in [0.29, 0.717) is 23.9 Å². The fourth-order valence-corrected chi connectivity index (χ4v) is 1.84. The molecule has 0 amide bonds. The molecule has 0 atom stereocenters. The fourth-order valence-electron chi connectivity index (χ4n) is 1.63. The SMILES string of the molecule is Cc1nc(Cl)c(N)c(NCc2ccc(CO)cc2)n1. The summed E-state index contributed by atoms with van der Waals surface area (Å²) < 4.78 is 0. The first-order valence-electron chi connectivity index (χ1n) is 5.82. The second kappa shape index (κ2) is 5.86. The Labute approximate surface area is 116 Å². The lowest BCUT2D eigenvalue weighted by Gasteiger charge is -2.10. The lowest BCUT2D eigenvalue weighted by molar-refractivity contribution is 0.282. The van der Waals surface area contributed by atoms with Gasteiger partial charge in [-0.2, -0.15) is 0 Å². The first-order chi connectivity index (χ1) is 9.10. The van der Waals surface area contributed by atoms with Gasteiger partial charge in [0.25, 0.3) is 0 Å². The lowest BCUT2D eigenvalue weighted by Crippen LogP contribution is -2.07. The highest BCUT2D eigenvalue weighted by molar-refractivity contribution is 6.32. The number of hydrogen-bond acceptors (Lipinski definition) is 5. The monoisotopic (exact) mass is 278 g/mol. The molecule has 0 aliphatic carbocycles. The molecule has 1 aromatic heterocycles. The summed E-state index contributed by atoms with van der Waals surface area (Å²) in [7, 11) is 0. The number of nitrogens with two attached hydrogens (primary N) is 1. The summed E-state index contributed by atoms with van der Waals surface area (Å²) in [6, 6.07) is 7.62. The molecule has 0 fully saturated rings. The zero-order chi connectivity index (χ0) is 13.8. The van der Waals surface area contributed by atoms with E-state index in [4.69, 9.17) is 22.4 Å². The Morgan fingerprint density at radius 2 is 1.84 bits per heavy atom. The van der Waals surface area contributed by atoms with Crippen LogP contribution in [-0.4, -0.2) is 15.1 Å². The van der Waals surface area contributed by atoms with Crippen molar-refractivity contribution < 1.29 is 5.11 Å². The highest BCUT2D eigenvalue weighted by atomic mass is 35.5. The van der Waals surface area contributed by atoms with Crippen LogP contribution in [-0.2, 0) is 13.2 Å². The molecule has 0 aliphatic heterocycles. The number of aliphatic hydroxyl groups excluding tert-OH is 1. The highest BCUT2D eigenvalue weighted by Crippen LogP contribution is 2.23. The lowest BCUT2D eigenvalue weighted by atomic mass is 10.1. The minimum atomic E-state index is 0.0430. The molecule has 6 heteroatoms. The maximum Gasteiger partial charge on any atom is 0.157 e. The van der Waals surface area contributed by atoms with Gasteiger partial charge in [-0.25, -0.2) is 9.97 Å². The number of nitrogens with one attached hydrogen (secondary N) is 1. The molecule has 5 nitrogen and oxygen atoms in total. The van der Waals surface area contributed by atoms with Crippen LogP contribution in [0.25, 0.3) is 0 Å². The second-order valence-electron chi connectivity index (χ2n) is 4.15. The van der Waals surface area contributed by atoms with E-state index >= 15 is 0 Å². The average Bonchev–Trinajstić information content (AvgIpc) is 2.41. The van der Waals surface area contributed by atoms with Crippen LogP contribution in [0.3, 0.4) is 0 Å². The molecule has 2 aromatic rings. The third-order valence-corrected chi connectivity index (χ3v) is 2.96. The number of nitrogens with zero attached hydrogens (tertiary/aromatic N) is 2. The summed E-state index contributed by atoms with van der Waals surface area (Å²) in [6.45, 7) is 2.37. The molecule has 0 saturated heterocycles. The Bertz CT molecular complexity index is 572.